The van der Waals surface area contributed by atoms with Crippen LogP contribution in [0.5, 0.6) is 0 Å². The highest BCUT2D eigenvalue weighted by molar-refractivity contribution is 5.95. The van der Waals surface area contributed by atoms with Gasteiger partial charge in [-0.05, 0) is 13.3 Å². The van der Waals surface area contributed by atoms with Gasteiger partial charge in [-0.2, -0.15) is 5.10 Å². The molecule has 1 amide bonds. The van der Waals surface area contributed by atoms with E-state index in [-0.39, 0.29) is 5.91 Å². The molecule has 5 heteroatoms. The van der Waals surface area contributed by atoms with E-state index < -0.39 is 0 Å². The summed E-state index contributed by atoms with van der Waals surface area (Å²) in [5.41, 5.74) is 2.15. The summed E-state index contributed by atoms with van der Waals surface area (Å²) in [6, 6.07) is 0.453. The van der Waals surface area contributed by atoms with Gasteiger partial charge in [0.05, 0.1) is 24.1 Å². The Morgan fingerprint density at radius 1 is 1.56 bits per heavy atom. The second-order valence-corrected chi connectivity index (χ2v) is 4.59. The minimum atomic E-state index is 0.231. The highest BCUT2D eigenvalue weighted by atomic mass is 16.2. The van der Waals surface area contributed by atoms with Crippen LogP contribution < -0.4 is 10.2 Å². The maximum Gasteiger partial charge on any atom is 0.227 e. The summed E-state index contributed by atoms with van der Waals surface area (Å²) in [4.78, 5) is 13.6. The molecule has 3 rings (SSSR count). The lowest BCUT2D eigenvalue weighted by Crippen LogP contribution is -2.37. The number of aromatic nitrogens is 2. The number of anilines is 1. The fourth-order valence-electron chi connectivity index (χ4n) is 2.46. The molecule has 1 atom stereocenters. The van der Waals surface area contributed by atoms with E-state index in [0.29, 0.717) is 12.5 Å². The monoisotopic (exact) mass is 220 g/mol. The van der Waals surface area contributed by atoms with E-state index in [4.69, 9.17) is 0 Å². The van der Waals surface area contributed by atoms with Crippen LogP contribution in [0.1, 0.15) is 25.5 Å². The third-order valence-electron chi connectivity index (χ3n) is 3.36. The van der Waals surface area contributed by atoms with Gasteiger partial charge in [0.25, 0.3) is 0 Å². The molecular formula is C11H16N4O. The van der Waals surface area contributed by atoms with E-state index in [9.17, 15) is 4.79 Å². The van der Waals surface area contributed by atoms with Crippen LogP contribution in [0.3, 0.4) is 0 Å². The molecule has 0 spiro atoms. The van der Waals surface area contributed by atoms with Crippen LogP contribution in [0, 0.1) is 0 Å². The molecule has 86 valence electrons. The van der Waals surface area contributed by atoms with Crippen LogP contribution in [0.25, 0.3) is 0 Å². The van der Waals surface area contributed by atoms with Crippen molar-refractivity contribution in [1.29, 1.82) is 0 Å². The number of hydrogen-bond acceptors (Lipinski definition) is 3. The number of amides is 1. The third-order valence-corrected chi connectivity index (χ3v) is 3.36. The first-order chi connectivity index (χ1) is 7.75. The smallest absolute Gasteiger partial charge is 0.227 e. The number of carbonyl (C=O) groups excluding carboxylic acids is 1. The van der Waals surface area contributed by atoms with Gasteiger partial charge in [-0.25, -0.2) is 0 Å². The number of fused-ring (bicyclic) bond motifs is 1. The standard InChI is InChI=1S/C11H16N4O/c1-8-7-15-10(5-12-8)9(6-13-15)14-4-2-3-11(14)16/h6,8,12H,2-5,7H2,1H3/t8-/m0/s1. The Labute approximate surface area is 94.4 Å². The molecule has 0 aliphatic carbocycles. The lowest BCUT2D eigenvalue weighted by Gasteiger charge is -2.24. The molecule has 1 aromatic heterocycles. The van der Waals surface area contributed by atoms with Crippen molar-refractivity contribution in [2.24, 2.45) is 0 Å². The second-order valence-electron chi connectivity index (χ2n) is 4.59. The van der Waals surface area contributed by atoms with E-state index in [1.165, 1.54) is 0 Å². The number of nitrogens with one attached hydrogen (secondary N) is 1. The zero-order valence-electron chi connectivity index (χ0n) is 9.44. The van der Waals surface area contributed by atoms with Crippen molar-refractivity contribution in [1.82, 2.24) is 15.1 Å². The fourth-order valence-corrected chi connectivity index (χ4v) is 2.46. The van der Waals surface area contributed by atoms with Crippen molar-refractivity contribution in [3.8, 4) is 0 Å². The predicted molar refractivity (Wildman–Crippen MR) is 60.1 cm³/mol. The molecule has 16 heavy (non-hydrogen) atoms. The Morgan fingerprint density at radius 3 is 3.19 bits per heavy atom. The van der Waals surface area contributed by atoms with Crippen molar-refractivity contribution < 1.29 is 4.79 Å². The Hall–Kier alpha value is -1.36. The minimum Gasteiger partial charge on any atom is -0.309 e. The second kappa shape index (κ2) is 3.59. The van der Waals surface area contributed by atoms with Crippen LogP contribution in [-0.4, -0.2) is 28.3 Å². The Kier molecular flexibility index (Phi) is 2.21. The summed E-state index contributed by atoms with van der Waals surface area (Å²) in [5.74, 6) is 0.231. The first kappa shape index (κ1) is 9.84. The molecule has 1 saturated heterocycles. The molecule has 1 N–H and O–H groups in total. The van der Waals surface area contributed by atoms with E-state index in [1.54, 1.807) is 0 Å². The zero-order valence-corrected chi connectivity index (χ0v) is 9.44. The molecule has 2 aliphatic heterocycles. The number of carbonyl (C=O) groups is 1. The first-order valence-corrected chi connectivity index (χ1v) is 5.84. The van der Waals surface area contributed by atoms with Crippen LogP contribution in [0.2, 0.25) is 0 Å². The van der Waals surface area contributed by atoms with Crippen molar-refractivity contribution in [3.05, 3.63) is 11.9 Å². The van der Waals surface area contributed by atoms with Gasteiger partial charge in [-0.1, -0.05) is 0 Å². The highest BCUT2D eigenvalue weighted by Crippen LogP contribution is 2.26. The van der Waals surface area contributed by atoms with Crippen molar-refractivity contribution in [2.75, 3.05) is 11.4 Å². The van der Waals surface area contributed by atoms with Crippen molar-refractivity contribution in [3.63, 3.8) is 0 Å². The molecule has 1 fully saturated rings. The normalized spacial score (nSPS) is 24.9. The summed E-state index contributed by atoms with van der Waals surface area (Å²) in [6.45, 7) is 4.68. The molecule has 0 aromatic carbocycles. The summed E-state index contributed by atoms with van der Waals surface area (Å²) in [6.07, 6.45) is 3.47. The molecule has 2 aliphatic rings. The summed E-state index contributed by atoms with van der Waals surface area (Å²) >= 11 is 0. The quantitative estimate of drug-likeness (QED) is 0.750. The SMILES string of the molecule is C[C@H]1Cn2ncc(N3CCCC3=O)c2CN1. The molecule has 0 bridgehead atoms. The van der Waals surface area contributed by atoms with E-state index in [2.05, 4.69) is 17.3 Å². The number of rotatable bonds is 1. The zero-order chi connectivity index (χ0) is 11.1. The van der Waals surface area contributed by atoms with Gasteiger partial charge in [0.2, 0.25) is 5.91 Å². The van der Waals surface area contributed by atoms with E-state index >= 15 is 0 Å². The maximum absolute atomic E-state index is 11.7. The van der Waals surface area contributed by atoms with Gasteiger partial charge in [-0.3, -0.25) is 9.48 Å². The van der Waals surface area contributed by atoms with Gasteiger partial charge in [-0.15, -0.1) is 0 Å². The van der Waals surface area contributed by atoms with Crippen LogP contribution in [-0.2, 0) is 17.9 Å². The van der Waals surface area contributed by atoms with Gasteiger partial charge in [0.15, 0.2) is 0 Å². The molecular weight excluding hydrogens is 204 g/mol. The fraction of sp³-hybridized carbons (Fsp3) is 0.636. The van der Waals surface area contributed by atoms with E-state index in [1.807, 2.05) is 15.8 Å². The van der Waals surface area contributed by atoms with Gasteiger partial charge < -0.3 is 10.2 Å². The maximum atomic E-state index is 11.7. The minimum absolute atomic E-state index is 0.231. The van der Waals surface area contributed by atoms with Crippen molar-refractivity contribution in [2.45, 2.75) is 38.9 Å². The lowest BCUT2D eigenvalue weighted by molar-refractivity contribution is -0.117. The molecule has 0 unspecified atom stereocenters. The molecule has 5 nitrogen and oxygen atoms in total. The molecule has 0 saturated carbocycles. The van der Waals surface area contributed by atoms with Crippen LogP contribution in [0.4, 0.5) is 5.69 Å². The van der Waals surface area contributed by atoms with Crippen LogP contribution >= 0.6 is 0 Å². The summed E-state index contributed by atoms with van der Waals surface area (Å²) in [7, 11) is 0. The Morgan fingerprint density at radius 2 is 2.44 bits per heavy atom. The number of hydrogen-bond donors (Lipinski definition) is 1. The summed E-state index contributed by atoms with van der Waals surface area (Å²) in [5, 5.41) is 7.77. The summed E-state index contributed by atoms with van der Waals surface area (Å²) < 4.78 is 2.02. The van der Waals surface area contributed by atoms with Gasteiger partial charge in [0.1, 0.15) is 0 Å². The Bertz CT molecular complexity index is 426. The Balaban J connectivity index is 1.94. The van der Waals surface area contributed by atoms with Gasteiger partial charge >= 0.3 is 0 Å². The van der Waals surface area contributed by atoms with Gasteiger partial charge in [0, 0.05) is 25.6 Å². The largest absolute Gasteiger partial charge is 0.309 e. The average molecular weight is 220 g/mol. The number of nitrogens with zero attached hydrogens (tertiary/aromatic N) is 3. The first-order valence-electron chi connectivity index (χ1n) is 5.84. The lowest BCUT2D eigenvalue weighted by atomic mass is 10.2. The molecule has 3 heterocycles. The molecule has 0 radical (unpaired) electrons. The van der Waals surface area contributed by atoms with Crippen LogP contribution in [0.15, 0.2) is 6.20 Å². The topological polar surface area (TPSA) is 50.2 Å². The highest BCUT2D eigenvalue weighted by Gasteiger charge is 2.28. The molecule has 1 aromatic rings. The third kappa shape index (κ3) is 1.43. The van der Waals surface area contributed by atoms with Crippen molar-refractivity contribution >= 4 is 11.6 Å². The van der Waals surface area contributed by atoms with E-state index in [0.717, 1.165) is 37.4 Å². The predicted octanol–water partition coefficient (Wildman–Crippen LogP) is 0.502. The average Bonchev–Trinajstić information content (AvgIpc) is 2.83.